The molecule has 0 unspecified atom stereocenters. The molecule has 64 valence electrons. The van der Waals surface area contributed by atoms with Crippen LogP contribution in [0.4, 0.5) is 11.4 Å². The number of nitrogens with one attached hydrogen (secondary N) is 1. The molecular weight excluding hydrogens is 148 g/mol. The van der Waals surface area contributed by atoms with Crippen LogP contribution in [0, 0.1) is 0 Å². The second-order valence-electron chi connectivity index (χ2n) is 2.56. The van der Waals surface area contributed by atoms with E-state index in [4.69, 9.17) is 5.73 Å². The Kier molecular flexibility index (Phi) is 2.75. The summed E-state index contributed by atoms with van der Waals surface area (Å²) in [4.78, 5) is 0. The molecule has 12 heavy (non-hydrogen) atoms. The molecule has 3 N–H and O–H groups in total. The van der Waals surface area contributed by atoms with Gasteiger partial charge in [-0.1, -0.05) is 18.2 Å². The zero-order chi connectivity index (χ0) is 8.97. The van der Waals surface area contributed by atoms with Crippen molar-refractivity contribution in [1.29, 1.82) is 0 Å². The first kappa shape index (κ1) is 8.65. The number of hydrogen-bond donors (Lipinski definition) is 2. The number of anilines is 2. The van der Waals surface area contributed by atoms with Crippen LogP contribution < -0.4 is 11.1 Å². The minimum atomic E-state index is 0.806. The molecule has 0 radical (unpaired) electrons. The van der Waals surface area contributed by atoms with Gasteiger partial charge >= 0.3 is 0 Å². The van der Waals surface area contributed by atoms with E-state index >= 15 is 0 Å². The lowest BCUT2D eigenvalue weighted by Crippen LogP contribution is -1.95. The Bertz CT molecular complexity index is 290. The standard InChI is InChI=1S/C10H14N2/c1-3-5-8-9(11)6-4-7-10(8)12-2/h3-7,12H,11H2,1-2H3/b5-3+. The normalized spacial score (nSPS) is 10.5. The summed E-state index contributed by atoms with van der Waals surface area (Å²) in [5.74, 6) is 0. The summed E-state index contributed by atoms with van der Waals surface area (Å²) in [6.07, 6.45) is 3.98. The molecule has 0 aromatic heterocycles. The van der Waals surface area contributed by atoms with Crippen molar-refractivity contribution in [2.45, 2.75) is 6.92 Å². The number of nitrogens with two attached hydrogens (primary N) is 1. The van der Waals surface area contributed by atoms with Crippen molar-refractivity contribution in [3.05, 3.63) is 29.8 Å². The van der Waals surface area contributed by atoms with Crippen molar-refractivity contribution >= 4 is 17.5 Å². The molecular formula is C10H14N2. The van der Waals surface area contributed by atoms with Gasteiger partial charge < -0.3 is 11.1 Å². The molecule has 1 aromatic rings. The summed E-state index contributed by atoms with van der Waals surface area (Å²) in [6.45, 7) is 1.98. The Labute approximate surface area is 73.1 Å². The van der Waals surface area contributed by atoms with Gasteiger partial charge in [0.05, 0.1) is 0 Å². The quantitative estimate of drug-likeness (QED) is 0.655. The average Bonchev–Trinajstić information content (AvgIpc) is 2.09. The lowest BCUT2D eigenvalue weighted by molar-refractivity contribution is 1.49. The first-order valence-corrected chi connectivity index (χ1v) is 3.98. The molecule has 1 rings (SSSR count). The summed E-state index contributed by atoms with van der Waals surface area (Å²) in [7, 11) is 1.89. The van der Waals surface area contributed by atoms with Gasteiger partial charge in [-0.15, -0.1) is 0 Å². The molecule has 0 atom stereocenters. The van der Waals surface area contributed by atoms with E-state index < -0.39 is 0 Å². The van der Waals surface area contributed by atoms with E-state index in [1.807, 2.05) is 44.3 Å². The fourth-order valence-electron chi connectivity index (χ4n) is 1.15. The highest BCUT2D eigenvalue weighted by Gasteiger charge is 1.99. The first-order valence-electron chi connectivity index (χ1n) is 3.98. The molecule has 0 saturated heterocycles. The van der Waals surface area contributed by atoms with Gasteiger partial charge in [0.25, 0.3) is 0 Å². The van der Waals surface area contributed by atoms with Crippen molar-refractivity contribution in [2.24, 2.45) is 0 Å². The highest BCUT2D eigenvalue weighted by atomic mass is 14.8. The van der Waals surface area contributed by atoms with Crippen molar-refractivity contribution in [2.75, 3.05) is 18.1 Å². The summed E-state index contributed by atoms with van der Waals surface area (Å²) in [5, 5.41) is 3.09. The van der Waals surface area contributed by atoms with Crippen LogP contribution in [0.5, 0.6) is 0 Å². The maximum absolute atomic E-state index is 5.79. The van der Waals surface area contributed by atoms with E-state index in [1.54, 1.807) is 0 Å². The van der Waals surface area contributed by atoms with Gasteiger partial charge in [-0.25, -0.2) is 0 Å². The molecule has 0 heterocycles. The van der Waals surface area contributed by atoms with Gasteiger partial charge in [-0.05, 0) is 19.1 Å². The number of hydrogen-bond acceptors (Lipinski definition) is 2. The molecule has 0 saturated carbocycles. The Balaban J connectivity index is 3.19. The SMILES string of the molecule is C/C=C/c1c(N)cccc1NC. The molecule has 0 bridgehead atoms. The molecule has 2 heteroatoms. The van der Waals surface area contributed by atoms with Gasteiger partial charge in [-0.3, -0.25) is 0 Å². The molecule has 0 aliphatic carbocycles. The van der Waals surface area contributed by atoms with Crippen molar-refractivity contribution in [3.63, 3.8) is 0 Å². The maximum Gasteiger partial charge on any atom is 0.0431 e. The predicted octanol–water partition coefficient (Wildman–Crippen LogP) is 2.34. The molecule has 2 nitrogen and oxygen atoms in total. The highest BCUT2D eigenvalue weighted by molar-refractivity contribution is 5.76. The summed E-state index contributed by atoms with van der Waals surface area (Å²) in [6, 6.07) is 5.84. The Hall–Kier alpha value is -1.44. The summed E-state index contributed by atoms with van der Waals surface area (Å²) < 4.78 is 0. The molecule has 0 aliphatic heterocycles. The third kappa shape index (κ3) is 1.59. The van der Waals surface area contributed by atoms with Crippen LogP contribution in [0.1, 0.15) is 12.5 Å². The third-order valence-electron chi connectivity index (χ3n) is 1.74. The largest absolute Gasteiger partial charge is 0.398 e. The van der Waals surface area contributed by atoms with Gasteiger partial charge in [0.15, 0.2) is 0 Å². The lowest BCUT2D eigenvalue weighted by Gasteiger charge is -2.07. The predicted molar refractivity (Wildman–Crippen MR) is 55.1 cm³/mol. The van der Waals surface area contributed by atoms with Crippen LogP contribution in [0.3, 0.4) is 0 Å². The van der Waals surface area contributed by atoms with E-state index in [9.17, 15) is 0 Å². The van der Waals surface area contributed by atoms with Crippen LogP contribution in [0.25, 0.3) is 6.08 Å². The molecule has 0 aliphatic rings. The highest BCUT2D eigenvalue weighted by Crippen LogP contribution is 2.22. The molecule has 0 fully saturated rings. The Morgan fingerprint density at radius 1 is 1.42 bits per heavy atom. The van der Waals surface area contributed by atoms with Crippen LogP contribution in [-0.2, 0) is 0 Å². The fourth-order valence-corrected chi connectivity index (χ4v) is 1.15. The van der Waals surface area contributed by atoms with Gasteiger partial charge in [0, 0.05) is 24.0 Å². The number of nitrogen functional groups attached to an aromatic ring is 1. The average molecular weight is 162 g/mol. The number of rotatable bonds is 2. The summed E-state index contributed by atoms with van der Waals surface area (Å²) in [5.41, 5.74) is 8.72. The zero-order valence-electron chi connectivity index (χ0n) is 7.46. The number of benzene rings is 1. The van der Waals surface area contributed by atoms with Gasteiger partial charge in [-0.2, -0.15) is 0 Å². The second kappa shape index (κ2) is 3.81. The first-order chi connectivity index (χ1) is 5.79. The van der Waals surface area contributed by atoms with E-state index in [0.717, 1.165) is 16.9 Å². The Morgan fingerprint density at radius 2 is 2.17 bits per heavy atom. The Morgan fingerprint density at radius 3 is 2.75 bits per heavy atom. The fraction of sp³-hybridized carbons (Fsp3) is 0.200. The van der Waals surface area contributed by atoms with Crippen LogP contribution in [0.2, 0.25) is 0 Å². The van der Waals surface area contributed by atoms with Crippen LogP contribution >= 0.6 is 0 Å². The molecule has 0 amide bonds. The van der Waals surface area contributed by atoms with Crippen LogP contribution in [0.15, 0.2) is 24.3 Å². The zero-order valence-corrected chi connectivity index (χ0v) is 7.46. The number of allylic oxidation sites excluding steroid dienone is 1. The van der Waals surface area contributed by atoms with E-state index in [1.165, 1.54) is 0 Å². The maximum atomic E-state index is 5.79. The molecule has 0 spiro atoms. The van der Waals surface area contributed by atoms with Crippen molar-refractivity contribution in [1.82, 2.24) is 0 Å². The second-order valence-corrected chi connectivity index (χ2v) is 2.56. The van der Waals surface area contributed by atoms with Gasteiger partial charge in [0.2, 0.25) is 0 Å². The van der Waals surface area contributed by atoms with Crippen LogP contribution in [-0.4, -0.2) is 7.05 Å². The third-order valence-corrected chi connectivity index (χ3v) is 1.74. The van der Waals surface area contributed by atoms with E-state index in [-0.39, 0.29) is 0 Å². The van der Waals surface area contributed by atoms with E-state index in [0.29, 0.717) is 0 Å². The smallest absolute Gasteiger partial charge is 0.0431 e. The minimum Gasteiger partial charge on any atom is -0.398 e. The lowest BCUT2D eigenvalue weighted by atomic mass is 10.1. The van der Waals surface area contributed by atoms with Gasteiger partial charge in [0.1, 0.15) is 0 Å². The topological polar surface area (TPSA) is 38.0 Å². The minimum absolute atomic E-state index is 0.806. The molecule has 1 aromatic carbocycles. The summed E-state index contributed by atoms with van der Waals surface area (Å²) >= 11 is 0. The van der Waals surface area contributed by atoms with Crippen molar-refractivity contribution < 1.29 is 0 Å². The van der Waals surface area contributed by atoms with E-state index in [2.05, 4.69) is 5.32 Å². The van der Waals surface area contributed by atoms with Crippen molar-refractivity contribution in [3.8, 4) is 0 Å². The monoisotopic (exact) mass is 162 g/mol.